The third-order valence-corrected chi connectivity index (χ3v) is 3.91. The molecule has 2 aromatic carbocycles. The maximum absolute atomic E-state index is 12.7. The van der Waals surface area contributed by atoms with Gasteiger partial charge >= 0.3 is 6.18 Å². The number of anilines is 1. The average molecular weight is 347 g/mol. The second kappa shape index (κ2) is 6.84. The zero-order valence-electron chi connectivity index (χ0n) is 12.3. The monoisotopic (exact) mass is 347 g/mol. The Morgan fingerprint density at radius 2 is 1.83 bits per heavy atom. The molecule has 0 bridgehead atoms. The molecular weight excluding hydrogens is 335 g/mol. The van der Waals surface area contributed by atoms with Gasteiger partial charge in [0, 0.05) is 10.9 Å². The van der Waals surface area contributed by atoms with E-state index in [1.807, 2.05) is 35.7 Å². The van der Waals surface area contributed by atoms with E-state index in [1.165, 1.54) is 23.6 Å². The van der Waals surface area contributed by atoms with Gasteiger partial charge in [0.25, 0.3) is 0 Å². The van der Waals surface area contributed by atoms with Gasteiger partial charge in [0.1, 0.15) is 0 Å². The summed E-state index contributed by atoms with van der Waals surface area (Å²) in [7, 11) is 0. The lowest BCUT2D eigenvalue weighted by Crippen LogP contribution is -2.05. The number of alkyl halides is 3. The number of halogens is 3. The number of nitrogens with zero attached hydrogens (tertiary/aromatic N) is 2. The van der Waals surface area contributed by atoms with Crippen LogP contribution in [0.3, 0.4) is 0 Å². The van der Waals surface area contributed by atoms with E-state index in [0.29, 0.717) is 10.7 Å². The van der Waals surface area contributed by atoms with Crippen LogP contribution in [0.1, 0.15) is 11.1 Å². The molecule has 0 atom stereocenters. The van der Waals surface area contributed by atoms with E-state index in [1.54, 1.807) is 6.07 Å². The van der Waals surface area contributed by atoms with Crippen LogP contribution >= 0.6 is 11.3 Å². The quantitative estimate of drug-likeness (QED) is 0.515. The van der Waals surface area contributed by atoms with E-state index in [0.717, 1.165) is 23.4 Å². The standard InChI is InChI=1S/C17H12F3N3S/c18-17(19,20)14-8-4-5-12(9-14)10-21-23-16-22-15(11-24-16)13-6-2-1-3-7-13/h1-11H,(H,22,23). The Balaban J connectivity index is 1.68. The minimum atomic E-state index is -4.36. The predicted octanol–water partition coefficient (Wildman–Crippen LogP) is 5.27. The molecular formula is C17H12F3N3S. The zero-order valence-corrected chi connectivity index (χ0v) is 13.1. The van der Waals surface area contributed by atoms with Crippen molar-refractivity contribution in [2.75, 3.05) is 5.43 Å². The van der Waals surface area contributed by atoms with Crippen molar-refractivity contribution in [2.24, 2.45) is 5.10 Å². The van der Waals surface area contributed by atoms with Crippen molar-refractivity contribution in [3.05, 3.63) is 71.1 Å². The lowest BCUT2D eigenvalue weighted by atomic mass is 10.1. The highest BCUT2D eigenvalue weighted by molar-refractivity contribution is 7.14. The fourth-order valence-corrected chi connectivity index (χ4v) is 2.69. The van der Waals surface area contributed by atoms with Crippen LogP contribution in [0.4, 0.5) is 18.3 Å². The van der Waals surface area contributed by atoms with Crippen LogP contribution in [-0.2, 0) is 6.18 Å². The summed E-state index contributed by atoms with van der Waals surface area (Å²) in [6, 6.07) is 14.6. The van der Waals surface area contributed by atoms with Gasteiger partial charge in [-0.15, -0.1) is 11.3 Å². The Hall–Kier alpha value is -2.67. The molecule has 0 fully saturated rings. The van der Waals surface area contributed by atoms with Crippen LogP contribution in [0.5, 0.6) is 0 Å². The van der Waals surface area contributed by atoms with E-state index in [2.05, 4.69) is 15.5 Å². The highest BCUT2D eigenvalue weighted by atomic mass is 32.1. The smallest absolute Gasteiger partial charge is 0.253 e. The number of thiazole rings is 1. The third kappa shape index (κ3) is 3.99. The van der Waals surface area contributed by atoms with Gasteiger partial charge in [-0.05, 0) is 17.7 Å². The number of hydrazone groups is 1. The highest BCUT2D eigenvalue weighted by Crippen LogP contribution is 2.29. The molecule has 0 aliphatic rings. The summed E-state index contributed by atoms with van der Waals surface area (Å²) in [4.78, 5) is 4.38. The first-order chi connectivity index (χ1) is 11.5. The Kier molecular flexibility index (Phi) is 4.61. The van der Waals surface area contributed by atoms with E-state index in [4.69, 9.17) is 0 Å². The largest absolute Gasteiger partial charge is 0.416 e. The normalized spacial score (nSPS) is 11.8. The number of hydrogen-bond acceptors (Lipinski definition) is 4. The first kappa shape index (κ1) is 16.2. The Morgan fingerprint density at radius 3 is 2.58 bits per heavy atom. The van der Waals surface area contributed by atoms with E-state index in [-0.39, 0.29) is 0 Å². The van der Waals surface area contributed by atoms with Gasteiger partial charge in [-0.1, -0.05) is 42.5 Å². The summed E-state index contributed by atoms with van der Waals surface area (Å²) in [6.45, 7) is 0. The Morgan fingerprint density at radius 1 is 1.04 bits per heavy atom. The maximum atomic E-state index is 12.7. The van der Waals surface area contributed by atoms with E-state index < -0.39 is 11.7 Å². The minimum absolute atomic E-state index is 0.358. The summed E-state index contributed by atoms with van der Waals surface area (Å²) < 4.78 is 38.0. The van der Waals surface area contributed by atoms with Crippen LogP contribution in [0.2, 0.25) is 0 Å². The number of aromatic nitrogens is 1. The Labute approximate surface area is 140 Å². The summed E-state index contributed by atoms with van der Waals surface area (Å²) in [6.07, 6.45) is -3.03. The molecule has 1 N–H and O–H groups in total. The lowest BCUT2D eigenvalue weighted by Gasteiger charge is -2.06. The fraction of sp³-hybridized carbons (Fsp3) is 0.0588. The molecule has 3 nitrogen and oxygen atoms in total. The van der Waals surface area contributed by atoms with Gasteiger partial charge in [0.15, 0.2) is 0 Å². The van der Waals surface area contributed by atoms with Gasteiger partial charge in [-0.3, -0.25) is 5.43 Å². The molecule has 0 saturated carbocycles. The van der Waals surface area contributed by atoms with Crippen molar-refractivity contribution < 1.29 is 13.2 Å². The molecule has 7 heteroatoms. The molecule has 0 unspecified atom stereocenters. The molecule has 1 heterocycles. The van der Waals surface area contributed by atoms with Gasteiger partial charge in [0.2, 0.25) is 5.13 Å². The molecule has 0 aliphatic heterocycles. The molecule has 122 valence electrons. The van der Waals surface area contributed by atoms with Crippen molar-refractivity contribution in [2.45, 2.75) is 6.18 Å². The van der Waals surface area contributed by atoms with Crippen molar-refractivity contribution in [1.82, 2.24) is 4.98 Å². The molecule has 0 amide bonds. The molecule has 1 aromatic heterocycles. The maximum Gasteiger partial charge on any atom is 0.416 e. The van der Waals surface area contributed by atoms with Crippen molar-refractivity contribution in [1.29, 1.82) is 0 Å². The van der Waals surface area contributed by atoms with E-state index in [9.17, 15) is 13.2 Å². The van der Waals surface area contributed by atoms with E-state index >= 15 is 0 Å². The average Bonchev–Trinajstić information content (AvgIpc) is 3.04. The van der Waals surface area contributed by atoms with Crippen LogP contribution in [0, 0.1) is 0 Å². The molecule has 3 rings (SSSR count). The van der Waals surface area contributed by atoms with Crippen molar-refractivity contribution >= 4 is 22.7 Å². The number of hydrogen-bond donors (Lipinski definition) is 1. The van der Waals surface area contributed by atoms with Crippen LogP contribution in [-0.4, -0.2) is 11.2 Å². The van der Waals surface area contributed by atoms with Crippen LogP contribution in [0.25, 0.3) is 11.3 Å². The molecule has 0 saturated heterocycles. The Bertz CT molecular complexity index is 842. The first-order valence-corrected chi connectivity index (χ1v) is 7.87. The zero-order chi connectivity index (χ0) is 17.0. The number of nitrogens with one attached hydrogen (secondary N) is 1. The van der Waals surface area contributed by atoms with Gasteiger partial charge in [0.05, 0.1) is 17.5 Å². The van der Waals surface area contributed by atoms with Gasteiger partial charge in [-0.25, -0.2) is 4.98 Å². The third-order valence-electron chi connectivity index (χ3n) is 3.16. The SMILES string of the molecule is FC(F)(F)c1cccc(C=NNc2nc(-c3ccccc3)cs2)c1. The van der Waals surface area contributed by atoms with Crippen LogP contribution in [0.15, 0.2) is 65.1 Å². The number of benzene rings is 2. The number of rotatable bonds is 4. The summed E-state index contributed by atoms with van der Waals surface area (Å²) in [5.74, 6) is 0. The second-order valence-corrected chi connectivity index (χ2v) is 5.76. The lowest BCUT2D eigenvalue weighted by molar-refractivity contribution is -0.137. The van der Waals surface area contributed by atoms with Gasteiger partial charge in [-0.2, -0.15) is 18.3 Å². The van der Waals surface area contributed by atoms with Gasteiger partial charge < -0.3 is 0 Å². The van der Waals surface area contributed by atoms with Crippen molar-refractivity contribution in [3.8, 4) is 11.3 Å². The molecule has 24 heavy (non-hydrogen) atoms. The van der Waals surface area contributed by atoms with Crippen LogP contribution < -0.4 is 5.43 Å². The first-order valence-electron chi connectivity index (χ1n) is 7.00. The summed E-state index contributed by atoms with van der Waals surface area (Å²) in [5, 5.41) is 6.40. The highest BCUT2D eigenvalue weighted by Gasteiger charge is 2.30. The summed E-state index contributed by atoms with van der Waals surface area (Å²) >= 11 is 1.37. The predicted molar refractivity (Wildman–Crippen MR) is 90.2 cm³/mol. The molecule has 3 aromatic rings. The van der Waals surface area contributed by atoms with Crippen molar-refractivity contribution in [3.63, 3.8) is 0 Å². The summed E-state index contributed by atoms with van der Waals surface area (Å²) in [5.41, 5.74) is 4.20. The second-order valence-electron chi connectivity index (χ2n) is 4.90. The topological polar surface area (TPSA) is 37.3 Å². The molecule has 0 spiro atoms. The molecule has 0 radical (unpaired) electrons. The minimum Gasteiger partial charge on any atom is -0.253 e. The molecule has 0 aliphatic carbocycles. The fourth-order valence-electron chi connectivity index (χ4n) is 2.02.